The van der Waals surface area contributed by atoms with Crippen LogP contribution in [-0.2, 0) is 0 Å². The van der Waals surface area contributed by atoms with Crippen molar-refractivity contribution < 1.29 is 4.74 Å². The third-order valence-corrected chi connectivity index (χ3v) is 3.25. The molecule has 0 aliphatic heterocycles. The Bertz CT molecular complexity index is 777. The van der Waals surface area contributed by atoms with Gasteiger partial charge in [-0.1, -0.05) is 29.3 Å². The van der Waals surface area contributed by atoms with Gasteiger partial charge in [0.05, 0.1) is 5.02 Å². The van der Waals surface area contributed by atoms with E-state index in [1.54, 1.807) is 36.7 Å². The molecule has 7 nitrogen and oxygen atoms in total. The molecule has 0 radical (unpaired) electrons. The average molecular weight is 323 g/mol. The maximum absolute atomic E-state index is 6.05. The number of anilines is 1. The SMILES string of the molecule is Nc1nc(Oc2cccc(Cl)c2Cl)nc(-n2cccn2)n1. The number of halogens is 2. The number of hydrogen-bond acceptors (Lipinski definition) is 6. The number of nitrogen functional groups attached to an aromatic ring is 1. The second-order valence-corrected chi connectivity index (χ2v) is 4.67. The molecule has 0 amide bonds. The Morgan fingerprint density at radius 2 is 1.95 bits per heavy atom. The van der Waals surface area contributed by atoms with Crippen LogP contribution in [0.1, 0.15) is 0 Å². The van der Waals surface area contributed by atoms with Crippen LogP contribution >= 0.6 is 23.2 Å². The first-order valence-electron chi connectivity index (χ1n) is 5.77. The Morgan fingerprint density at radius 1 is 1.10 bits per heavy atom. The fourth-order valence-corrected chi connectivity index (χ4v) is 1.89. The van der Waals surface area contributed by atoms with Crippen LogP contribution in [0.25, 0.3) is 5.95 Å². The molecule has 1 aromatic carbocycles. The summed E-state index contributed by atoms with van der Waals surface area (Å²) in [6.45, 7) is 0. The summed E-state index contributed by atoms with van der Waals surface area (Å²) in [6, 6.07) is 6.71. The quantitative estimate of drug-likeness (QED) is 0.797. The molecule has 0 aliphatic rings. The van der Waals surface area contributed by atoms with E-state index >= 15 is 0 Å². The van der Waals surface area contributed by atoms with E-state index in [0.717, 1.165) is 0 Å². The summed E-state index contributed by atoms with van der Waals surface area (Å²) in [5, 5.41) is 4.64. The highest BCUT2D eigenvalue weighted by Gasteiger charge is 2.12. The lowest BCUT2D eigenvalue weighted by atomic mass is 10.3. The third kappa shape index (κ3) is 2.88. The Kier molecular flexibility index (Phi) is 3.59. The van der Waals surface area contributed by atoms with Crippen molar-refractivity contribution in [3.63, 3.8) is 0 Å². The monoisotopic (exact) mass is 322 g/mol. The summed E-state index contributed by atoms with van der Waals surface area (Å²) in [5.74, 6) is 0.561. The van der Waals surface area contributed by atoms with Crippen LogP contribution in [0, 0.1) is 0 Å². The van der Waals surface area contributed by atoms with Gasteiger partial charge in [0, 0.05) is 12.4 Å². The lowest BCUT2D eigenvalue weighted by molar-refractivity contribution is 0.439. The number of rotatable bonds is 3. The van der Waals surface area contributed by atoms with Gasteiger partial charge in [-0.25, -0.2) is 4.68 Å². The van der Waals surface area contributed by atoms with E-state index in [-0.39, 0.29) is 22.9 Å². The zero-order valence-corrected chi connectivity index (χ0v) is 12.0. The van der Waals surface area contributed by atoms with Gasteiger partial charge in [0.2, 0.25) is 5.95 Å². The number of nitrogens with zero attached hydrogens (tertiary/aromatic N) is 5. The van der Waals surface area contributed by atoms with Crippen LogP contribution in [-0.4, -0.2) is 24.7 Å². The maximum atomic E-state index is 6.05. The average Bonchev–Trinajstić information content (AvgIpc) is 2.97. The zero-order chi connectivity index (χ0) is 14.8. The lowest BCUT2D eigenvalue weighted by Gasteiger charge is -2.08. The Morgan fingerprint density at radius 3 is 2.71 bits per heavy atom. The summed E-state index contributed by atoms with van der Waals surface area (Å²) < 4.78 is 6.94. The maximum Gasteiger partial charge on any atom is 0.328 e. The molecule has 2 N–H and O–H groups in total. The van der Waals surface area contributed by atoms with E-state index in [4.69, 9.17) is 33.7 Å². The molecular weight excluding hydrogens is 315 g/mol. The number of ether oxygens (including phenoxy) is 1. The highest BCUT2D eigenvalue weighted by molar-refractivity contribution is 6.42. The van der Waals surface area contributed by atoms with Gasteiger partial charge < -0.3 is 10.5 Å². The lowest BCUT2D eigenvalue weighted by Crippen LogP contribution is -2.08. The van der Waals surface area contributed by atoms with Crippen LogP contribution in [0.5, 0.6) is 11.8 Å². The minimum absolute atomic E-state index is 0.00262. The van der Waals surface area contributed by atoms with Crippen molar-refractivity contribution in [2.75, 3.05) is 5.73 Å². The molecule has 0 fully saturated rings. The third-order valence-electron chi connectivity index (χ3n) is 2.45. The summed E-state index contributed by atoms with van der Waals surface area (Å²) >= 11 is 12.0. The van der Waals surface area contributed by atoms with E-state index in [1.165, 1.54) is 4.68 Å². The van der Waals surface area contributed by atoms with Gasteiger partial charge >= 0.3 is 6.01 Å². The van der Waals surface area contributed by atoms with Gasteiger partial charge in [-0.15, -0.1) is 0 Å². The molecule has 106 valence electrons. The molecule has 0 saturated heterocycles. The highest BCUT2D eigenvalue weighted by Crippen LogP contribution is 2.33. The topological polar surface area (TPSA) is 91.7 Å². The van der Waals surface area contributed by atoms with Gasteiger partial charge in [-0.05, 0) is 18.2 Å². The number of nitrogens with two attached hydrogens (primary N) is 1. The first-order chi connectivity index (χ1) is 10.1. The minimum atomic E-state index is -0.00262. The van der Waals surface area contributed by atoms with Gasteiger partial charge in [0.1, 0.15) is 5.02 Å². The largest absolute Gasteiger partial charge is 0.422 e. The fraction of sp³-hybridized carbons (Fsp3) is 0. The standard InChI is InChI=1S/C12H8Cl2N6O/c13-7-3-1-4-8(9(7)14)21-12-18-10(15)17-11(19-12)20-6-2-5-16-20/h1-6H,(H2,15,17,18,19). The molecule has 21 heavy (non-hydrogen) atoms. The summed E-state index contributed by atoms with van der Waals surface area (Å²) in [7, 11) is 0. The van der Waals surface area contributed by atoms with Crippen LogP contribution in [0.4, 0.5) is 5.95 Å². The minimum Gasteiger partial charge on any atom is -0.422 e. The van der Waals surface area contributed by atoms with E-state index in [0.29, 0.717) is 10.8 Å². The summed E-state index contributed by atoms with van der Waals surface area (Å²) in [5.41, 5.74) is 5.64. The first-order valence-corrected chi connectivity index (χ1v) is 6.52. The molecule has 2 heterocycles. The van der Waals surface area contributed by atoms with Gasteiger partial charge in [0.25, 0.3) is 5.95 Å². The number of aromatic nitrogens is 5. The second-order valence-electron chi connectivity index (χ2n) is 3.88. The van der Waals surface area contributed by atoms with Crippen molar-refractivity contribution in [3.8, 4) is 17.7 Å². The Balaban J connectivity index is 1.98. The van der Waals surface area contributed by atoms with Crippen molar-refractivity contribution in [1.82, 2.24) is 24.7 Å². The smallest absolute Gasteiger partial charge is 0.328 e. The van der Waals surface area contributed by atoms with Crippen molar-refractivity contribution >= 4 is 29.2 Å². The molecule has 0 atom stereocenters. The highest BCUT2D eigenvalue weighted by atomic mass is 35.5. The molecule has 0 unspecified atom stereocenters. The van der Waals surface area contributed by atoms with Crippen molar-refractivity contribution in [2.45, 2.75) is 0 Å². The predicted molar refractivity (Wildman–Crippen MR) is 77.9 cm³/mol. The van der Waals surface area contributed by atoms with Crippen LogP contribution in [0.15, 0.2) is 36.7 Å². The molecule has 0 spiro atoms. The summed E-state index contributed by atoms with van der Waals surface area (Å²) in [6.07, 6.45) is 3.26. The van der Waals surface area contributed by atoms with E-state index in [9.17, 15) is 0 Å². The van der Waals surface area contributed by atoms with E-state index in [1.807, 2.05) is 0 Å². The van der Waals surface area contributed by atoms with Gasteiger partial charge in [-0.2, -0.15) is 20.1 Å². The molecule has 9 heteroatoms. The molecule has 0 saturated carbocycles. The number of hydrogen-bond donors (Lipinski definition) is 1. The molecule has 0 bridgehead atoms. The molecule has 3 aromatic rings. The van der Waals surface area contributed by atoms with Crippen molar-refractivity contribution in [1.29, 1.82) is 0 Å². The normalized spacial score (nSPS) is 10.6. The molecule has 2 aromatic heterocycles. The van der Waals surface area contributed by atoms with Crippen LogP contribution in [0.2, 0.25) is 10.0 Å². The van der Waals surface area contributed by atoms with E-state index < -0.39 is 0 Å². The fourth-order valence-electron chi connectivity index (χ4n) is 1.56. The van der Waals surface area contributed by atoms with Crippen LogP contribution in [0.3, 0.4) is 0 Å². The van der Waals surface area contributed by atoms with Gasteiger partial charge in [-0.3, -0.25) is 0 Å². The van der Waals surface area contributed by atoms with Gasteiger partial charge in [0.15, 0.2) is 5.75 Å². The molecule has 3 rings (SSSR count). The zero-order valence-electron chi connectivity index (χ0n) is 10.4. The predicted octanol–water partition coefficient (Wildman–Crippen LogP) is 2.74. The first kappa shape index (κ1) is 13.6. The van der Waals surface area contributed by atoms with E-state index in [2.05, 4.69) is 20.1 Å². The number of benzene rings is 1. The summed E-state index contributed by atoms with van der Waals surface area (Å²) in [4.78, 5) is 12.0. The van der Waals surface area contributed by atoms with Crippen molar-refractivity contribution in [3.05, 3.63) is 46.7 Å². The molecule has 0 aliphatic carbocycles. The van der Waals surface area contributed by atoms with Crippen LogP contribution < -0.4 is 10.5 Å². The van der Waals surface area contributed by atoms with Crippen molar-refractivity contribution in [2.24, 2.45) is 0 Å². The Hall–Kier alpha value is -2.38. The molecular formula is C12H8Cl2N6O. The second kappa shape index (κ2) is 5.55. The Labute approximate surface area is 129 Å².